The zero-order chi connectivity index (χ0) is 24.3. The minimum Gasteiger partial charge on any atom is -0.446 e. The molecule has 0 saturated heterocycles. The summed E-state index contributed by atoms with van der Waals surface area (Å²) in [6.07, 6.45) is 7.02. The lowest BCUT2D eigenvalue weighted by atomic mass is 9.47. The van der Waals surface area contributed by atoms with E-state index in [1.165, 1.54) is 6.08 Å². The maximum Gasteiger partial charge on any atom is 0.352 e. The lowest BCUT2D eigenvalue weighted by Gasteiger charge is -2.56. The molecule has 0 unspecified atom stereocenters. The number of esters is 2. The monoisotopic (exact) mass is 516 g/mol. The summed E-state index contributed by atoms with van der Waals surface area (Å²) in [5.41, 5.74) is -2.32. The number of fused-ring (bicyclic) bond motifs is 5. The van der Waals surface area contributed by atoms with Crippen molar-refractivity contribution in [2.75, 3.05) is 6.07 Å². The van der Waals surface area contributed by atoms with Crippen molar-refractivity contribution >= 4 is 58.3 Å². The molecule has 0 aromatic rings. The largest absolute Gasteiger partial charge is 0.446 e. The minimum absolute atomic E-state index is 0.0210. The Bertz CT molecular complexity index is 973. The van der Waals surface area contributed by atoms with E-state index in [0.717, 1.165) is 5.57 Å². The predicted octanol–water partition coefficient (Wildman–Crippen LogP) is 4.54. The number of ether oxygens (including phenoxy) is 2. The van der Waals surface area contributed by atoms with Gasteiger partial charge in [-0.1, -0.05) is 67.2 Å². The molecule has 0 N–H and O–H groups in total. The van der Waals surface area contributed by atoms with Gasteiger partial charge in [-0.25, -0.2) is 9.59 Å². The van der Waals surface area contributed by atoms with Crippen molar-refractivity contribution in [1.29, 1.82) is 0 Å². The number of halogens is 3. The van der Waals surface area contributed by atoms with Gasteiger partial charge >= 0.3 is 11.9 Å². The van der Waals surface area contributed by atoms with Gasteiger partial charge in [0.15, 0.2) is 11.8 Å². The molecular formula is C24H27Cl3O6. The normalized spacial score (nSPS) is 41.7. The second-order valence-corrected chi connectivity index (χ2v) is 11.5. The summed E-state index contributed by atoms with van der Waals surface area (Å²) < 4.78 is 11.0. The number of Topliss-reactive ketones (excluding diaryl/α,β-unsaturated/α-hetero) is 1. The molecule has 9 heteroatoms. The fourth-order valence-electron chi connectivity index (χ4n) is 7.40. The second kappa shape index (κ2) is 8.39. The molecule has 0 heterocycles. The van der Waals surface area contributed by atoms with E-state index in [2.05, 4.69) is 0 Å². The predicted molar refractivity (Wildman–Crippen MR) is 123 cm³/mol. The van der Waals surface area contributed by atoms with Crippen LogP contribution >= 0.6 is 34.8 Å². The number of hydrogen-bond donors (Lipinski definition) is 0. The summed E-state index contributed by atoms with van der Waals surface area (Å²) in [5, 5.41) is 0. The lowest BCUT2D eigenvalue weighted by Crippen LogP contribution is -2.63. The Morgan fingerprint density at radius 2 is 1.94 bits per heavy atom. The van der Waals surface area contributed by atoms with Crippen LogP contribution in [0.3, 0.4) is 0 Å². The summed E-state index contributed by atoms with van der Waals surface area (Å²) in [4.78, 5) is 50.2. The fourth-order valence-corrected chi connectivity index (χ4v) is 7.59. The number of alkyl halides is 3. The van der Waals surface area contributed by atoms with Crippen LogP contribution < -0.4 is 0 Å². The quantitative estimate of drug-likeness (QED) is 0.402. The molecule has 0 spiro atoms. The SMILES string of the molecule is C[C@H]1C[C@H]2[C@@H]3CCC4=CC(=O)C=C[C@]4(C)[C@H]3C(=O)C[C@]2(C)[C@@]1(OC(=O)C(Cl)Cl)C(=O)OCCl. The standard InChI is InChI=1S/C24H27Cl3O6/c1-12-8-16-15-5-4-13-9-14(28)6-7-22(13,2)18(15)17(29)10-23(16,3)24(12,21(31)32-11-25)33-20(30)19(26)27/h6-7,9,12,15-16,18-19H,4-5,8,10-11H2,1-3H3/t12-,15-,16-,18+,22-,23-,24-/m0/s1. The molecule has 0 aromatic heterocycles. The molecular weight excluding hydrogens is 491 g/mol. The van der Waals surface area contributed by atoms with Crippen molar-refractivity contribution in [2.45, 2.75) is 56.9 Å². The number of carbonyl (C=O) groups is 4. The molecule has 180 valence electrons. The van der Waals surface area contributed by atoms with Crippen LogP contribution in [0.5, 0.6) is 0 Å². The number of carbonyl (C=O) groups excluding carboxylic acids is 4. The first-order valence-electron chi connectivity index (χ1n) is 11.1. The Morgan fingerprint density at radius 3 is 2.58 bits per heavy atom. The van der Waals surface area contributed by atoms with E-state index in [9.17, 15) is 19.2 Å². The third-order valence-electron chi connectivity index (χ3n) is 8.73. The van der Waals surface area contributed by atoms with Gasteiger partial charge in [-0.05, 0) is 43.3 Å². The molecule has 0 bridgehead atoms. The Balaban J connectivity index is 1.80. The second-order valence-electron chi connectivity index (χ2n) is 10.2. The van der Waals surface area contributed by atoms with Crippen LogP contribution in [-0.2, 0) is 28.7 Å². The highest BCUT2D eigenvalue weighted by atomic mass is 35.5. The average molecular weight is 518 g/mol. The van der Waals surface area contributed by atoms with Gasteiger partial charge in [0.2, 0.25) is 10.4 Å². The van der Waals surface area contributed by atoms with Crippen molar-refractivity contribution < 1.29 is 28.7 Å². The van der Waals surface area contributed by atoms with Crippen LogP contribution in [0.4, 0.5) is 0 Å². The zero-order valence-corrected chi connectivity index (χ0v) is 21.0. The van der Waals surface area contributed by atoms with Gasteiger partial charge in [0.1, 0.15) is 5.78 Å². The van der Waals surface area contributed by atoms with Gasteiger partial charge < -0.3 is 9.47 Å². The van der Waals surface area contributed by atoms with E-state index in [4.69, 9.17) is 44.3 Å². The van der Waals surface area contributed by atoms with E-state index in [1.54, 1.807) is 6.08 Å². The first-order valence-corrected chi connectivity index (χ1v) is 12.5. The lowest BCUT2D eigenvalue weighted by molar-refractivity contribution is -0.208. The van der Waals surface area contributed by atoms with Crippen molar-refractivity contribution in [3.63, 3.8) is 0 Å². The number of rotatable bonds is 4. The van der Waals surface area contributed by atoms with E-state index in [1.807, 2.05) is 26.8 Å². The highest BCUT2D eigenvalue weighted by Gasteiger charge is 2.74. The number of allylic oxidation sites excluding steroid dienone is 4. The van der Waals surface area contributed by atoms with Crippen molar-refractivity contribution in [1.82, 2.24) is 0 Å². The molecule has 6 nitrogen and oxygen atoms in total. The maximum absolute atomic E-state index is 13.8. The molecule has 3 fully saturated rings. The van der Waals surface area contributed by atoms with Crippen molar-refractivity contribution in [3.8, 4) is 0 Å². The first kappa shape index (κ1) is 24.7. The minimum atomic E-state index is -1.73. The number of hydrogen-bond acceptors (Lipinski definition) is 6. The molecule has 4 aliphatic carbocycles. The van der Waals surface area contributed by atoms with Gasteiger partial charge in [0.05, 0.1) is 0 Å². The Morgan fingerprint density at radius 1 is 1.24 bits per heavy atom. The fraction of sp³-hybridized carbons (Fsp3) is 0.667. The topological polar surface area (TPSA) is 86.7 Å². The molecule has 3 saturated carbocycles. The van der Waals surface area contributed by atoms with E-state index < -0.39 is 45.2 Å². The summed E-state index contributed by atoms with van der Waals surface area (Å²) in [7, 11) is 0. The van der Waals surface area contributed by atoms with Crippen LogP contribution in [-0.4, -0.2) is 40.0 Å². The highest BCUT2D eigenvalue weighted by molar-refractivity contribution is 6.53. The van der Waals surface area contributed by atoms with Crippen LogP contribution in [0.15, 0.2) is 23.8 Å². The molecule has 4 aliphatic rings. The Kier molecular flexibility index (Phi) is 6.29. The van der Waals surface area contributed by atoms with Gasteiger partial charge in [-0.2, -0.15) is 0 Å². The van der Waals surface area contributed by atoms with E-state index >= 15 is 0 Å². The summed E-state index contributed by atoms with van der Waals surface area (Å²) >= 11 is 17.2. The van der Waals surface area contributed by atoms with Crippen molar-refractivity contribution in [2.24, 2.45) is 34.5 Å². The van der Waals surface area contributed by atoms with Crippen LogP contribution in [0.25, 0.3) is 0 Å². The summed E-state index contributed by atoms with van der Waals surface area (Å²) in [6.45, 7) is 5.65. The molecule has 4 rings (SSSR count). The van der Waals surface area contributed by atoms with Gasteiger partial charge in [-0.3, -0.25) is 9.59 Å². The first-order chi connectivity index (χ1) is 15.4. The Hall–Kier alpha value is -1.37. The van der Waals surface area contributed by atoms with Gasteiger partial charge in [-0.15, -0.1) is 0 Å². The summed E-state index contributed by atoms with van der Waals surface area (Å²) in [5.74, 6) is -2.74. The molecule has 0 aliphatic heterocycles. The molecule has 0 radical (unpaired) electrons. The average Bonchev–Trinajstić information content (AvgIpc) is 2.95. The maximum atomic E-state index is 13.8. The smallest absolute Gasteiger partial charge is 0.352 e. The van der Waals surface area contributed by atoms with E-state index in [0.29, 0.717) is 19.3 Å². The van der Waals surface area contributed by atoms with Gasteiger partial charge in [0.25, 0.3) is 0 Å². The Labute approximate surface area is 208 Å². The number of ketones is 2. The molecule has 7 atom stereocenters. The third-order valence-corrected chi connectivity index (χ3v) is 9.19. The highest BCUT2D eigenvalue weighted by Crippen LogP contribution is 2.68. The van der Waals surface area contributed by atoms with Gasteiger partial charge in [0, 0.05) is 29.1 Å². The molecule has 0 amide bonds. The van der Waals surface area contributed by atoms with E-state index in [-0.39, 0.29) is 35.7 Å². The molecule has 0 aromatic carbocycles. The zero-order valence-electron chi connectivity index (χ0n) is 18.7. The summed E-state index contributed by atoms with van der Waals surface area (Å²) in [6, 6.07) is -0.415. The third kappa shape index (κ3) is 3.42. The molecule has 33 heavy (non-hydrogen) atoms. The van der Waals surface area contributed by atoms with Crippen LogP contribution in [0.1, 0.15) is 46.5 Å². The van der Waals surface area contributed by atoms with Crippen LogP contribution in [0.2, 0.25) is 0 Å². The van der Waals surface area contributed by atoms with Crippen LogP contribution in [0, 0.1) is 34.5 Å². The van der Waals surface area contributed by atoms with Crippen molar-refractivity contribution in [3.05, 3.63) is 23.8 Å².